The van der Waals surface area contributed by atoms with Crippen molar-refractivity contribution < 1.29 is 19.1 Å². The summed E-state index contributed by atoms with van der Waals surface area (Å²) < 4.78 is 5.28. The van der Waals surface area contributed by atoms with Crippen LogP contribution in [0.1, 0.15) is 27.6 Å². The molecule has 3 amide bonds. The van der Waals surface area contributed by atoms with Crippen LogP contribution in [-0.4, -0.2) is 29.8 Å². The number of aromatic nitrogens is 1. The number of amides is 3. The Labute approximate surface area is 173 Å². The zero-order chi connectivity index (χ0) is 21.5. The van der Waals surface area contributed by atoms with E-state index >= 15 is 0 Å². The maximum atomic E-state index is 12.7. The van der Waals surface area contributed by atoms with Crippen LogP contribution in [0, 0.1) is 0 Å². The van der Waals surface area contributed by atoms with Crippen molar-refractivity contribution in [3.8, 4) is 5.75 Å². The van der Waals surface area contributed by atoms with E-state index in [4.69, 9.17) is 4.74 Å². The number of ether oxygens (including phenoxy) is 1. The molecule has 0 atom stereocenters. The highest BCUT2D eigenvalue weighted by Crippen LogP contribution is 2.28. The van der Waals surface area contributed by atoms with Gasteiger partial charge in [0, 0.05) is 36.3 Å². The van der Waals surface area contributed by atoms with Gasteiger partial charge in [-0.15, -0.1) is 0 Å². The molecular formula is C22H20N4O4. The van der Waals surface area contributed by atoms with Gasteiger partial charge in [0.25, 0.3) is 11.8 Å². The first-order valence-corrected chi connectivity index (χ1v) is 9.04. The van der Waals surface area contributed by atoms with Crippen LogP contribution < -0.4 is 20.7 Å². The highest BCUT2D eigenvalue weighted by molar-refractivity contribution is 6.08. The molecule has 0 fully saturated rings. The molecule has 0 bridgehead atoms. The first kappa shape index (κ1) is 20.5. The van der Waals surface area contributed by atoms with E-state index in [0.717, 1.165) is 0 Å². The minimum atomic E-state index is -0.397. The van der Waals surface area contributed by atoms with Gasteiger partial charge in [-0.2, -0.15) is 0 Å². The molecule has 0 aliphatic heterocycles. The fourth-order valence-corrected chi connectivity index (χ4v) is 2.72. The van der Waals surface area contributed by atoms with Crippen LogP contribution in [0.3, 0.4) is 0 Å². The third kappa shape index (κ3) is 5.20. The summed E-state index contributed by atoms with van der Waals surface area (Å²) in [5.41, 5.74) is 2.14. The average Bonchev–Trinajstić information content (AvgIpc) is 2.74. The number of hydrogen-bond donors (Lipinski definition) is 3. The van der Waals surface area contributed by atoms with Gasteiger partial charge in [-0.25, -0.2) is 0 Å². The molecule has 0 aliphatic carbocycles. The van der Waals surface area contributed by atoms with Gasteiger partial charge in [0.05, 0.1) is 18.4 Å². The second-order valence-electron chi connectivity index (χ2n) is 6.33. The molecule has 0 spiro atoms. The molecular weight excluding hydrogens is 384 g/mol. The number of carbonyl (C=O) groups is 3. The Kier molecular flexibility index (Phi) is 6.39. The number of rotatable bonds is 6. The van der Waals surface area contributed by atoms with E-state index in [-0.39, 0.29) is 11.8 Å². The third-order valence-electron chi connectivity index (χ3n) is 4.07. The molecule has 3 aromatic rings. The van der Waals surface area contributed by atoms with Gasteiger partial charge in [0.15, 0.2) is 0 Å². The number of hydrogen-bond acceptors (Lipinski definition) is 5. The fraction of sp³-hybridized carbons (Fsp3) is 0.0909. The van der Waals surface area contributed by atoms with Crippen molar-refractivity contribution in [2.24, 2.45) is 0 Å². The summed E-state index contributed by atoms with van der Waals surface area (Å²) in [7, 11) is 1.48. The summed E-state index contributed by atoms with van der Waals surface area (Å²) in [4.78, 5) is 40.2. The molecule has 0 radical (unpaired) electrons. The van der Waals surface area contributed by atoms with Crippen molar-refractivity contribution in [3.05, 3.63) is 78.1 Å². The van der Waals surface area contributed by atoms with Crippen molar-refractivity contribution in [1.29, 1.82) is 0 Å². The van der Waals surface area contributed by atoms with Crippen molar-refractivity contribution in [2.45, 2.75) is 6.92 Å². The minimum absolute atomic E-state index is 0.227. The van der Waals surface area contributed by atoms with E-state index in [1.165, 1.54) is 20.2 Å². The van der Waals surface area contributed by atoms with Gasteiger partial charge in [-0.1, -0.05) is 6.07 Å². The van der Waals surface area contributed by atoms with Gasteiger partial charge >= 0.3 is 0 Å². The normalized spacial score (nSPS) is 10.1. The van der Waals surface area contributed by atoms with Crippen LogP contribution in [0.4, 0.5) is 17.1 Å². The van der Waals surface area contributed by atoms with E-state index in [0.29, 0.717) is 33.9 Å². The first-order chi connectivity index (χ1) is 14.5. The van der Waals surface area contributed by atoms with Gasteiger partial charge in [-0.05, 0) is 48.5 Å². The summed E-state index contributed by atoms with van der Waals surface area (Å²) in [6, 6.07) is 14.8. The predicted molar refractivity (Wildman–Crippen MR) is 114 cm³/mol. The Balaban J connectivity index is 1.77. The summed E-state index contributed by atoms with van der Waals surface area (Å²) >= 11 is 0. The largest absolute Gasteiger partial charge is 0.495 e. The number of methoxy groups -OCH3 is 1. The van der Waals surface area contributed by atoms with E-state index in [9.17, 15) is 14.4 Å². The molecule has 0 unspecified atom stereocenters. The lowest BCUT2D eigenvalue weighted by molar-refractivity contribution is -0.114. The Hall–Kier alpha value is -4.20. The number of pyridine rings is 1. The van der Waals surface area contributed by atoms with Crippen molar-refractivity contribution in [1.82, 2.24) is 4.98 Å². The zero-order valence-corrected chi connectivity index (χ0v) is 16.4. The van der Waals surface area contributed by atoms with Crippen molar-refractivity contribution in [3.63, 3.8) is 0 Å². The van der Waals surface area contributed by atoms with Gasteiger partial charge in [0.2, 0.25) is 5.91 Å². The molecule has 0 aliphatic rings. The second kappa shape index (κ2) is 9.33. The van der Waals surface area contributed by atoms with Crippen LogP contribution >= 0.6 is 0 Å². The lowest BCUT2D eigenvalue weighted by Gasteiger charge is -2.13. The maximum Gasteiger partial charge on any atom is 0.257 e. The van der Waals surface area contributed by atoms with Gasteiger partial charge < -0.3 is 20.7 Å². The van der Waals surface area contributed by atoms with E-state index in [2.05, 4.69) is 20.9 Å². The average molecular weight is 404 g/mol. The molecule has 0 saturated heterocycles. The number of benzene rings is 2. The van der Waals surface area contributed by atoms with Gasteiger partial charge in [-0.3, -0.25) is 19.4 Å². The molecule has 30 heavy (non-hydrogen) atoms. The molecule has 1 aromatic heterocycles. The lowest BCUT2D eigenvalue weighted by atomic mass is 10.1. The lowest BCUT2D eigenvalue weighted by Crippen LogP contribution is -2.15. The molecule has 8 nitrogen and oxygen atoms in total. The number of carbonyl (C=O) groups excluding carboxylic acids is 3. The maximum absolute atomic E-state index is 12.7. The molecule has 152 valence electrons. The predicted octanol–water partition coefficient (Wildman–Crippen LogP) is 3.55. The van der Waals surface area contributed by atoms with Crippen LogP contribution in [0.15, 0.2) is 67.0 Å². The van der Waals surface area contributed by atoms with Crippen molar-refractivity contribution >= 4 is 34.8 Å². The van der Waals surface area contributed by atoms with E-state index in [1.807, 2.05) is 0 Å². The SMILES string of the molecule is COc1ccc(NC(C)=O)cc1NC(=O)c1cccc(NC(=O)c2cccnc2)c1. The molecule has 2 aromatic carbocycles. The van der Waals surface area contributed by atoms with E-state index in [1.54, 1.807) is 60.8 Å². The third-order valence-corrected chi connectivity index (χ3v) is 4.07. The minimum Gasteiger partial charge on any atom is -0.495 e. The van der Waals surface area contributed by atoms with E-state index < -0.39 is 5.91 Å². The highest BCUT2D eigenvalue weighted by Gasteiger charge is 2.13. The second-order valence-corrected chi connectivity index (χ2v) is 6.33. The number of nitrogens with one attached hydrogen (secondary N) is 3. The Morgan fingerprint density at radius 1 is 0.833 bits per heavy atom. The zero-order valence-electron chi connectivity index (χ0n) is 16.4. The van der Waals surface area contributed by atoms with Crippen LogP contribution in [0.5, 0.6) is 5.75 Å². The quantitative estimate of drug-likeness (QED) is 0.582. The van der Waals surface area contributed by atoms with Crippen molar-refractivity contribution in [2.75, 3.05) is 23.1 Å². The monoisotopic (exact) mass is 404 g/mol. The molecule has 8 heteroatoms. The molecule has 3 N–H and O–H groups in total. The molecule has 1 heterocycles. The fourth-order valence-electron chi connectivity index (χ4n) is 2.72. The smallest absolute Gasteiger partial charge is 0.257 e. The standard InChI is InChI=1S/C22H20N4O4/c1-14(27)24-18-8-9-20(30-2)19(12-18)26-21(28)15-5-3-7-17(11-15)25-22(29)16-6-4-10-23-13-16/h3-13H,1-2H3,(H,24,27)(H,25,29)(H,26,28). The highest BCUT2D eigenvalue weighted by atomic mass is 16.5. The van der Waals surface area contributed by atoms with Gasteiger partial charge in [0.1, 0.15) is 5.75 Å². The van der Waals surface area contributed by atoms with Crippen LogP contribution in [0.2, 0.25) is 0 Å². The Morgan fingerprint density at radius 2 is 1.57 bits per heavy atom. The Morgan fingerprint density at radius 3 is 2.27 bits per heavy atom. The summed E-state index contributed by atoms with van der Waals surface area (Å²) in [6.07, 6.45) is 3.04. The van der Waals surface area contributed by atoms with Crippen LogP contribution in [0.25, 0.3) is 0 Å². The summed E-state index contributed by atoms with van der Waals surface area (Å²) in [6.45, 7) is 1.40. The van der Waals surface area contributed by atoms with Crippen LogP contribution in [-0.2, 0) is 4.79 Å². The molecule has 3 rings (SSSR count). The summed E-state index contributed by atoms with van der Waals surface area (Å²) in [5, 5.41) is 8.16. The number of nitrogens with zero attached hydrogens (tertiary/aromatic N) is 1. The summed E-state index contributed by atoms with van der Waals surface area (Å²) in [5.74, 6) is -0.510. The Bertz CT molecular complexity index is 1080. The first-order valence-electron chi connectivity index (χ1n) is 9.04. The molecule has 0 saturated carbocycles. The topological polar surface area (TPSA) is 109 Å². The number of anilines is 3.